The maximum Gasteiger partial charge on any atom is 0.469 e. The van der Waals surface area contributed by atoms with Crippen LogP contribution in [0.1, 0.15) is 46.5 Å². The predicted molar refractivity (Wildman–Crippen MR) is 73.0 cm³/mol. The highest BCUT2D eigenvalue weighted by atomic mass is 31.2. The third-order valence-electron chi connectivity index (χ3n) is 2.66. The summed E-state index contributed by atoms with van der Waals surface area (Å²) in [6.45, 7) is 7.26. The van der Waals surface area contributed by atoms with Crippen LogP contribution >= 0.6 is 7.82 Å². The molecule has 6 nitrogen and oxygen atoms in total. The molecule has 0 aliphatic heterocycles. The molecule has 0 aromatic heterocycles. The van der Waals surface area contributed by atoms with Crippen molar-refractivity contribution < 1.29 is 28.3 Å². The number of phosphoric acid groups is 1. The number of hydrogen-bond donors (Lipinski definition) is 2. The summed E-state index contributed by atoms with van der Waals surface area (Å²) in [6, 6.07) is 0. The molecule has 2 N–H and O–H groups in total. The summed E-state index contributed by atoms with van der Waals surface area (Å²) in [5, 5.41) is 0. The van der Waals surface area contributed by atoms with Gasteiger partial charge < -0.3 is 19.3 Å². The number of ether oxygens (including phenoxy) is 2. The molecule has 2 unspecified atom stereocenters. The number of hydrogen-bond acceptors (Lipinski definition) is 4. The highest BCUT2D eigenvalue weighted by Gasteiger charge is 2.22. The molecule has 0 aliphatic carbocycles. The molecule has 0 amide bonds. The summed E-state index contributed by atoms with van der Waals surface area (Å²) >= 11 is 0. The Morgan fingerprint density at radius 3 is 2.16 bits per heavy atom. The van der Waals surface area contributed by atoms with E-state index in [4.69, 9.17) is 19.3 Å². The van der Waals surface area contributed by atoms with Gasteiger partial charge in [0.25, 0.3) is 0 Å². The third kappa shape index (κ3) is 11.5. The molecule has 0 heterocycles. The molecule has 0 fully saturated rings. The Labute approximate surface area is 115 Å². The summed E-state index contributed by atoms with van der Waals surface area (Å²) in [4.78, 5) is 17.5. The van der Waals surface area contributed by atoms with Crippen molar-refractivity contribution in [2.75, 3.05) is 19.8 Å². The molecule has 0 radical (unpaired) electrons. The van der Waals surface area contributed by atoms with Gasteiger partial charge in [-0.2, -0.15) is 0 Å². The summed E-state index contributed by atoms with van der Waals surface area (Å²) < 4.78 is 26.4. The van der Waals surface area contributed by atoms with Crippen LogP contribution in [0.3, 0.4) is 0 Å². The predicted octanol–water partition coefficient (Wildman–Crippen LogP) is 2.49. The normalized spacial score (nSPS) is 15.4. The molecule has 0 saturated heterocycles. The van der Waals surface area contributed by atoms with E-state index in [1.165, 1.54) is 0 Å². The van der Waals surface area contributed by atoms with E-state index >= 15 is 0 Å². The van der Waals surface area contributed by atoms with E-state index in [0.717, 1.165) is 19.3 Å². The minimum Gasteiger partial charge on any atom is -0.379 e. The quantitative estimate of drug-likeness (QED) is 0.425. The van der Waals surface area contributed by atoms with Gasteiger partial charge in [-0.15, -0.1) is 0 Å². The van der Waals surface area contributed by atoms with Crippen LogP contribution in [0.15, 0.2) is 0 Å². The van der Waals surface area contributed by atoms with Crippen LogP contribution in [0.2, 0.25) is 0 Å². The fraction of sp³-hybridized carbons (Fsp3) is 1.00. The second kappa shape index (κ2) is 10.8. The second-order valence-electron chi connectivity index (χ2n) is 4.42. The van der Waals surface area contributed by atoms with Crippen LogP contribution in [0.25, 0.3) is 0 Å². The molecule has 0 aromatic carbocycles. The van der Waals surface area contributed by atoms with Gasteiger partial charge in [0.2, 0.25) is 0 Å². The van der Waals surface area contributed by atoms with Crippen molar-refractivity contribution in [3.8, 4) is 0 Å². The standard InChI is InChI=1S/C12H27O6P/c1-4-7-8-16-9-11(5-2)17-10-12(6-3)18-19(13,14)15/h11-12H,4-10H2,1-3H3,(H2,13,14,15). The smallest absolute Gasteiger partial charge is 0.379 e. The van der Waals surface area contributed by atoms with E-state index in [1.54, 1.807) is 6.92 Å². The maximum absolute atomic E-state index is 10.8. The van der Waals surface area contributed by atoms with E-state index < -0.39 is 13.9 Å². The number of unbranched alkanes of at least 4 members (excludes halogenated alkanes) is 1. The summed E-state index contributed by atoms with van der Waals surface area (Å²) in [5.74, 6) is 0. The second-order valence-corrected chi connectivity index (χ2v) is 5.61. The number of phosphoric ester groups is 1. The van der Waals surface area contributed by atoms with Crippen molar-refractivity contribution >= 4 is 7.82 Å². The van der Waals surface area contributed by atoms with E-state index in [9.17, 15) is 4.57 Å². The Morgan fingerprint density at radius 1 is 1.05 bits per heavy atom. The largest absolute Gasteiger partial charge is 0.469 e. The van der Waals surface area contributed by atoms with Crippen molar-refractivity contribution in [1.82, 2.24) is 0 Å². The monoisotopic (exact) mass is 298 g/mol. The summed E-state index contributed by atoms with van der Waals surface area (Å²) in [7, 11) is -4.45. The summed E-state index contributed by atoms with van der Waals surface area (Å²) in [5.41, 5.74) is 0. The van der Waals surface area contributed by atoms with Gasteiger partial charge in [-0.3, -0.25) is 4.52 Å². The SMILES string of the molecule is CCCCOCC(CC)OCC(CC)OP(=O)(O)O. The van der Waals surface area contributed by atoms with E-state index in [-0.39, 0.29) is 12.7 Å². The lowest BCUT2D eigenvalue weighted by Crippen LogP contribution is -2.26. The van der Waals surface area contributed by atoms with Gasteiger partial charge in [0.15, 0.2) is 0 Å². The fourth-order valence-corrected chi connectivity index (χ4v) is 2.00. The molecule has 0 saturated carbocycles. The Morgan fingerprint density at radius 2 is 1.68 bits per heavy atom. The molecular formula is C12H27O6P. The molecule has 0 spiro atoms. The zero-order chi connectivity index (χ0) is 14.7. The van der Waals surface area contributed by atoms with Gasteiger partial charge >= 0.3 is 7.82 Å². The lowest BCUT2D eigenvalue weighted by Gasteiger charge is -2.21. The van der Waals surface area contributed by atoms with E-state index in [0.29, 0.717) is 19.6 Å². The van der Waals surface area contributed by atoms with Gasteiger partial charge in [0.1, 0.15) is 0 Å². The molecule has 0 aromatic rings. The minimum absolute atomic E-state index is 0.0636. The lowest BCUT2D eigenvalue weighted by atomic mass is 10.2. The van der Waals surface area contributed by atoms with Crippen molar-refractivity contribution in [3.05, 3.63) is 0 Å². The summed E-state index contributed by atoms with van der Waals surface area (Å²) in [6.07, 6.45) is 2.73. The molecule has 0 aliphatic rings. The first kappa shape index (κ1) is 19.0. The first-order chi connectivity index (χ1) is 8.92. The minimum atomic E-state index is -4.45. The highest BCUT2D eigenvalue weighted by Crippen LogP contribution is 2.38. The molecule has 116 valence electrons. The Kier molecular flexibility index (Phi) is 10.8. The van der Waals surface area contributed by atoms with E-state index in [1.807, 2.05) is 6.92 Å². The van der Waals surface area contributed by atoms with Crippen LogP contribution in [0.5, 0.6) is 0 Å². The van der Waals surface area contributed by atoms with Gasteiger partial charge in [0.05, 0.1) is 25.4 Å². The van der Waals surface area contributed by atoms with Gasteiger partial charge in [-0.1, -0.05) is 27.2 Å². The van der Waals surface area contributed by atoms with Crippen molar-refractivity contribution in [1.29, 1.82) is 0 Å². The topological polar surface area (TPSA) is 85.2 Å². The average Bonchev–Trinajstić information content (AvgIpc) is 2.35. The van der Waals surface area contributed by atoms with Crippen LogP contribution in [-0.4, -0.2) is 41.8 Å². The molecule has 7 heteroatoms. The zero-order valence-electron chi connectivity index (χ0n) is 12.1. The van der Waals surface area contributed by atoms with Gasteiger partial charge in [-0.25, -0.2) is 4.57 Å². The van der Waals surface area contributed by atoms with Gasteiger partial charge in [-0.05, 0) is 19.3 Å². The van der Waals surface area contributed by atoms with Crippen LogP contribution in [0, 0.1) is 0 Å². The van der Waals surface area contributed by atoms with Crippen molar-refractivity contribution in [3.63, 3.8) is 0 Å². The molecule has 0 rings (SSSR count). The first-order valence-electron chi connectivity index (χ1n) is 6.86. The molecule has 19 heavy (non-hydrogen) atoms. The Bertz CT molecular complexity index is 255. The van der Waals surface area contributed by atoms with E-state index in [2.05, 4.69) is 11.4 Å². The van der Waals surface area contributed by atoms with Crippen LogP contribution in [-0.2, 0) is 18.6 Å². The molecule has 2 atom stereocenters. The lowest BCUT2D eigenvalue weighted by molar-refractivity contribution is -0.0496. The molecular weight excluding hydrogens is 271 g/mol. The van der Waals surface area contributed by atoms with Crippen LogP contribution < -0.4 is 0 Å². The number of rotatable bonds is 12. The maximum atomic E-state index is 10.8. The molecule has 0 bridgehead atoms. The van der Waals surface area contributed by atoms with Crippen LogP contribution in [0.4, 0.5) is 0 Å². The highest BCUT2D eigenvalue weighted by molar-refractivity contribution is 7.46. The average molecular weight is 298 g/mol. The Hall–Kier alpha value is 0.0300. The zero-order valence-corrected chi connectivity index (χ0v) is 13.0. The fourth-order valence-electron chi connectivity index (χ4n) is 1.41. The Balaban J connectivity index is 3.92. The first-order valence-corrected chi connectivity index (χ1v) is 8.39. The van der Waals surface area contributed by atoms with Crippen molar-refractivity contribution in [2.24, 2.45) is 0 Å². The van der Waals surface area contributed by atoms with Gasteiger partial charge in [0, 0.05) is 6.61 Å². The third-order valence-corrected chi connectivity index (χ3v) is 3.23. The van der Waals surface area contributed by atoms with Crippen molar-refractivity contribution in [2.45, 2.75) is 58.7 Å².